The van der Waals surface area contributed by atoms with Crippen molar-refractivity contribution in [3.8, 4) is 11.3 Å². The van der Waals surface area contributed by atoms with Gasteiger partial charge >= 0.3 is 6.18 Å². The molecule has 1 aliphatic carbocycles. The molecule has 1 saturated heterocycles. The fourth-order valence-corrected chi connectivity index (χ4v) is 7.29. The van der Waals surface area contributed by atoms with E-state index >= 15 is 0 Å². The fourth-order valence-electron chi connectivity index (χ4n) is 6.51. The van der Waals surface area contributed by atoms with E-state index in [0.29, 0.717) is 29.8 Å². The fraction of sp³-hybridized carbons (Fsp3) is 0.655. The monoisotopic (exact) mass is 611 g/mol. The van der Waals surface area contributed by atoms with Crippen molar-refractivity contribution < 1.29 is 31.5 Å². The Balaban J connectivity index is 1.46. The molecule has 42 heavy (non-hydrogen) atoms. The van der Waals surface area contributed by atoms with Crippen molar-refractivity contribution in [2.24, 2.45) is 5.92 Å². The summed E-state index contributed by atoms with van der Waals surface area (Å²) in [6.07, 6.45) is 2.78. The average Bonchev–Trinajstić information content (AvgIpc) is 3.58. The summed E-state index contributed by atoms with van der Waals surface area (Å²) in [5.41, 5.74) is 1.29. The van der Waals surface area contributed by atoms with Crippen molar-refractivity contribution in [2.45, 2.75) is 83.3 Å². The van der Waals surface area contributed by atoms with Crippen LogP contribution in [0.4, 0.5) is 13.2 Å². The number of aliphatic hydroxyl groups is 1. The lowest BCUT2D eigenvalue weighted by Gasteiger charge is -2.26. The molecule has 3 heterocycles. The molecule has 0 spiro atoms. The van der Waals surface area contributed by atoms with E-state index in [4.69, 9.17) is 5.10 Å². The van der Waals surface area contributed by atoms with Crippen molar-refractivity contribution >= 4 is 15.9 Å². The van der Waals surface area contributed by atoms with Gasteiger partial charge < -0.3 is 15.3 Å². The van der Waals surface area contributed by atoms with Gasteiger partial charge in [0, 0.05) is 55.3 Å². The first-order valence-electron chi connectivity index (χ1n) is 14.8. The molecule has 2 fully saturated rings. The average molecular weight is 612 g/mol. The van der Waals surface area contributed by atoms with Gasteiger partial charge in [0.05, 0.1) is 30.2 Å². The number of alkyl halides is 3. The molecule has 0 radical (unpaired) electrons. The second-order valence-electron chi connectivity index (χ2n) is 11.9. The number of rotatable bonds is 9. The molecule has 5 rings (SSSR count). The third-order valence-corrected chi connectivity index (χ3v) is 9.98. The number of aromatic nitrogens is 2. The number of β-amino-alcohol motifs (C(OH)–C–C–N with tert-alkyl or cyclic N) is 1. The van der Waals surface area contributed by atoms with E-state index in [9.17, 15) is 31.5 Å². The van der Waals surface area contributed by atoms with Gasteiger partial charge in [-0.2, -0.15) is 22.6 Å². The number of sulfonamides is 1. The summed E-state index contributed by atoms with van der Waals surface area (Å²) in [7, 11) is -3.52. The first kappa shape index (κ1) is 31.0. The Labute approximate surface area is 245 Å². The summed E-state index contributed by atoms with van der Waals surface area (Å²) >= 11 is 0. The minimum absolute atomic E-state index is 0.0422. The van der Waals surface area contributed by atoms with Crippen LogP contribution in [0.1, 0.15) is 67.3 Å². The molecule has 1 unspecified atom stereocenters. The van der Waals surface area contributed by atoms with Gasteiger partial charge in [-0.3, -0.25) is 9.48 Å². The van der Waals surface area contributed by atoms with Crippen molar-refractivity contribution in [2.75, 3.05) is 32.4 Å². The lowest BCUT2D eigenvalue weighted by molar-refractivity contribution is -0.138. The molecule has 1 aromatic carbocycles. The molecule has 1 amide bonds. The molecule has 0 bridgehead atoms. The molecular weight excluding hydrogens is 571 g/mol. The minimum atomic E-state index is -4.62. The van der Waals surface area contributed by atoms with E-state index in [1.54, 1.807) is 4.68 Å². The summed E-state index contributed by atoms with van der Waals surface area (Å²) in [6.45, 7) is 2.56. The van der Waals surface area contributed by atoms with Crippen LogP contribution in [0, 0.1) is 5.92 Å². The molecule has 1 aromatic heterocycles. The van der Waals surface area contributed by atoms with Gasteiger partial charge in [0.1, 0.15) is 0 Å². The maximum absolute atomic E-state index is 14.0. The molecular formula is C29H40F3N5O4S. The van der Waals surface area contributed by atoms with Crippen LogP contribution >= 0.6 is 0 Å². The van der Waals surface area contributed by atoms with Gasteiger partial charge in [0.25, 0.3) is 0 Å². The zero-order chi connectivity index (χ0) is 30.1. The number of carbonyl (C=O) groups is 1. The summed E-state index contributed by atoms with van der Waals surface area (Å²) in [4.78, 5) is 14.9. The maximum Gasteiger partial charge on any atom is 0.416 e. The third-order valence-electron chi connectivity index (χ3n) is 8.73. The smallest absolute Gasteiger partial charge is 0.390 e. The third kappa shape index (κ3) is 7.17. The second-order valence-corrected chi connectivity index (χ2v) is 13.9. The molecule has 232 valence electrons. The highest BCUT2D eigenvalue weighted by Gasteiger charge is 2.35. The zero-order valence-electron chi connectivity index (χ0n) is 24.0. The summed E-state index contributed by atoms with van der Waals surface area (Å²) in [5, 5.41) is 18.3. The van der Waals surface area contributed by atoms with Crippen LogP contribution in [0.5, 0.6) is 0 Å². The number of halogens is 3. The normalized spacial score (nSPS) is 20.0. The summed E-state index contributed by atoms with van der Waals surface area (Å²) in [6, 6.07) is 3.75. The lowest BCUT2D eigenvalue weighted by Crippen LogP contribution is -2.37. The minimum Gasteiger partial charge on any atom is -0.390 e. The molecule has 2 aliphatic heterocycles. The van der Waals surface area contributed by atoms with Gasteiger partial charge in [-0.05, 0) is 56.5 Å². The number of nitrogens with zero attached hydrogens (tertiary/aromatic N) is 4. The Morgan fingerprint density at radius 2 is 1.81 bits per heavy atom. The Bertz CT molecular complexity index is 1380. The van der Waals surface area contributed by atoms with Crippen LogP contribution < -0.4 is 5.32 Å². The number of hydrogen-bond acceptors (Lipinski definition) is 6. The lowest BCUT2D eigenvalue weighted by atomic mass is 9.88. The number of aliphatic hydroxyl groups excluding tert-OH is 1. The van der Waals surface area contributed by atoms with Crippen molar-refractivity contribution in [3.05, 3.63) is 40.6 Å². The van der Waals surface area contributed by atoms with Crippen LogP contribution in [0.15, 0.2) is 18.2 Å². The Hall–Kier alpha value is -2.48. The molecule has 13 heteroatoms. The van der Waals surface area contributed by atoms with Crippen LogP contribution in [0.2, 0.25) is 0 Å². The van der Waals surface area contributed by atoms with E-state index in [1.165, 1.54) is 16.4 Å². The van der Waals surface area contributed by atoms with Gasteiger partial charge in [-0.1, -0.05) is 25.3 Å². The predicted molar refractivity (Wildman–Crippen MR) is 152 cm³/mol. The van der Waals surface area contributed by atoms with E-state index in [1.807, 2.05) is 0 Å². The molecule has 1 saturated carbocycles. The second kappa shape index (κ2) is 12.6. The number of benzene rings is 1. The summed E-state index contributed by atoms with van der Waals surface area (Å²) < 4.78 is 69.8. The Morgan fingerprint density at radius 3 is 2.48 bits per heavy atom. The van der Waals surface area contributed by atoms with Crippen LogP contribution in [0.25, 0.3) is 11.3 Å². The zero-order valence-corrected chi connectivity index (χ0v) is 24.8. The molecule has 1 atom stereocenters. The molecule has 2 aromatic rings. The number of likely N-dealkylation sites (tertiary alicyclic amines) is 1. The number of fused-ring (bicyclic) bond motifs is 1. The molecule has 9 nitrogen and oxygen atoms in total. The van der Waals surface area contributed by atoms with E-state index < -0.39 is 27.9 Å². The number of nitrogens with one attached hydrogen (secondary N) is 1. The first-order chi connectivity index (χ1) is 19.9. The SMILES string of the molecule is CS(=O)(=O)N1CCc2c(c(-c3ccc(C(F)(F)F)c(CNC(=O)C4CCCCC4)c3)nn2CC(O)CN2CCCC2)C1. The number of carbonyl (C=O) groups excluding carboxylic acids is 1. The largest absolute Gasteiger partial charge is 0.416 e. The Morgan fingerprint density at radius 1 is 1.10 bits per heavy atom. The highest BCUT2D eigenvalue weighted by molar-refractivity contribution is 7.88. The standard InChI is InChI=1S/C29H40F3N5O4S/c1-42(40,41)36-14-11-26-24(19-36)27(34-37(26)18-23(38)17-35-12-5-6-13-35)21-9-10-25(29(30,31)32)22(15-21)16-33-28(39)20-7-3-2-4-8-20/h9-10,15,20,23,38H,2-8,11-14,16-19H2,1H3,(H,33,39). The first-order valence-corrected chi connectivity index (χ1v) is 16.7. The maximum atomic E-state index is 14.0. The number of hydrogen-bond donors (Lipinski definition) is 2. The quantitative estimate of drug-likeness (QED) is 0.449. The van der Waals surface area contributed by atoms with Gasteiger partial charge in [-0.25, -0.2) is 8.42 Å². The predicted octanol–water partition coefficient (Wildman–Crippen LogP) is 3.54. The Kier molecular flexibility index (Phi) is 9.31. The van der Waals surface area contributed by atoms with E-state index in [2.05, 4.69) is 10.2 Å². The highest BCUT2D eigenvalue weighted by atomic mass is 32.2. The van der Waals surface area contributed by atoms with Crippen LogP contribution in [-0.4, -0.2) is 77.0 Å². The topological polar surface area (TPSA) is 108 Å². The highest BCUT2D eigenvalue weighted by Crippen LogP contribution is 2.37. The van der Waals surface area contributed by atoms with Crippen molar-refractivity contribution in [1.82, 2.24) is 24.3 Å². The van der Waals surface area contributed by atoms with E-state index in [-0.39, 0.29) is 43.6 Å². The van der Waals surface area contributed by atoms with Gasteiger partial charge in [0.15, 0.2) is 0 Å². The molecule has 3 aliphatic rings. The van der Waals surface area contributed by atoms with Crippen molar-refractivity contribution in [1.29, 1.82) is 0 Å². The van der Waals surface area contributed by atoms with Gasteiger partial charge in [0.2, 0.25) is 15.9 Å². The number of amides is 1. The summed E-state index contributed by atoms with van der Waals surface area (Å²) in [5.74, 6) is -0.418. The van der Waals surface area contributed by atoms with Crippen LogP contribution in [-0.2, 0) is 47.0 Å². The van der Waals surface area contributed by atoms with Crippen LogP contribution in [0.3, 0.4) is 0 Å². The van der Waals surface area contributed by atoms with E-state index in [0.717, 1.165) is 76.1 Å². The van der Waals surface area contributed by atoms with Crippen molar-refractivity contribution in [3.63, 3.8) is 0 Å². The van der Waals surface area contributed by atoms with Gasteiger partial charge in [-0.15, -0.1) is 0 Å². The molecule has 2 N–H and O–H groups in total.